The summed E-state index contributed by atoms with van der Waals surface area (Å²) >= 11 is 0. The van der Waals surface area contributed by atoms with Gasteiger partial charge in [0.25, 0.3) is 0 Å². The fourth-order valence-electron chi connectivity index (χ4n) is 1.89. The van der Waals surface area contributed by atoms with Crippen molar-refractivity contribution in [3.8, 4) is 0 Å². The van der Waals surface area contributed by atoms with Crippen LogP contribution in [0.1, 0.15) is 35.5 Å². The van der Waals surface area contributed by atoms with Gasteiger partial charge in [0.05, 0.1) is 6.61 Å². The van der Waals surface area contributed by atoms with Crippen LogP contribution in [0.2, 0.25) is 0 Å². The van der Waals surface area contributed by atoms with Crippen LogP contribution in [-0.4, -0.2) is 41.3 Å². The molecule has 6 heteroatoms. The molecule has 0 aromatic heterocycles. The third-order valence-electron chi connectivity index (χ3n) is 2.75. The molecule has 0 aliphatic carbocycles. The van der Waals surface area contributed by atoms with Gasteiger partial charge in [0.15, 0.2) is 11.7 Å². The Morgan fingerprint density at radius 3 is 2.44 bits per heavy atom. The second-order valence-corrected chi connectivity index (χ2v) is 5.06. The summed E-state index contributed by atoms with van der Waals surface area (Å²) in [5.41, 5.74) is -0.386. The summed E-state index contributed by atoms with van der Waals surface area (Å²) in [6.07, 6.45) is 0.215. The topological polar surface area (TPSA) is 63.7 Å². The fourth-order valence-corrected chi connectivity index (χ4v) is 1.89. The number of ketones is 1. The van der Waals surface area contributed by atoms with Crippen LogP contribution in [0.5, 0.6) is 0 Å². The minimum Gasteiger partial charge on any atom is -1.00 e. The SMILES string of the molecule is CCOC(=O)C1C(=O)CCN(C(C)(C)C)C1=O.[H-].[Na+]. The summed E-state index contributed by atoms with van der Waals surface area (Å²) in [6, 6.07) is 0. The summed E-state index contributed by atoms with van der Waals surface area (Å²) in [4.78, 5) is 36.9. The van der Waals surface area contributed by atoms with E-state index in [1.165, 1.54) is 0 Å². The first-order valence-corrected chi connectivity index (χ1v) is 5.80. The number of rotatable bonds is 2. The first-order valence-electron chi connectivity index (χ1n) is 5.80. The summed E-state index contributed by atoms with van der Waals surface area (Å²) in [6.45, 7) is 7.83. The van der Waals surface area contributed by atoms with Crippen molar-refractivity contribution >= 4 is 17.7 Å². The first-order chi connectivity index (χ1) is 7.79. The summed E-state index contributed by atoms with van der Waals surface area (Å²) in [5, 5.41) is 0. The molecule has 1 aliphatic rings. The van der Waals surface area contributed by atoms with E-state index in [2.05, 4.69) is 0 Å². The molecule has 0 aromatic rings. The van der Waals surface area contributed by atoms with Crippen LogP contribution in [0.3, 0.4) is 0 Å². The van der Waals surface area contributed by atoms with Gasteiger partial charge in [0.1, 0.15) is 0 Å². The maximum absolute atomic E-state index is 12.1. The van der Waals surface area contributed by atoms with Crippen LogP contribution >= 0.6 is 0 Å². The molecular formula is C12H20NNaO4. The van der Waals surface area contributed by atoms with Crippen molar-refractivity contribution in [1.29, 1.82) is 0 Å². The molecule has 1 aliphatic heterocycles. The average Bonchev–Trinajstić information content (AvgIpc) is 2.15. The third-order valence-corrected chi connectivity index (χ3v) is 2.75. The minimum atomic E-state index is -1.26. The van der Waals surface area contributed by atoms with E-state index in [9.17, 15) is 14.4 Å². The Labute approximate surface area is 131 Å². The Bertz CT molecular complexity index is 354. The number of Topliss-reactive ketones (excluding diaryl/α,β-unsaturated/α-hetero) is 1. The standard InChI is InChI=1S/C12H19NO4.Na.H/c1-5-17-11(16)9-8(14)6-7-13(10(9)15)12(2,3)4;;/h9H,5-7H2,1-4H3;;/q;+1;-1. The molecule has 1 saturated heterocycles. The summed E-state index contributed by atoms with van der Waals surface area (Å²) in [5.74, 6) is -2.76. The van der Waals surface area contributed by atoms with Gasteiger partial charge in [-0.05, 0) is 27.7 Å². The maximum atomic E-state index is 12.1. The van der Waals surface area contributed by atoms with Crippen molar-refractivity contribution in [3.63, 3.8) is 0 Å². The molecule has 1 heterocycles. The molecule has 0 aromatic carbocycles. The average molecular weight is 265 g/mol. The van der Waals surface area contributed by atoms with E-state index in [0.717, 1.165) is 0 Å². The van der Waals surface area contributed by atoms with Crippen LogP contribution in [0.25, 0.3) is 0 Å². The molecule has 1 rings (SSSR count). The van der Waals surface area contributed by atoms with Gasteiger partial charge in [-0.2, -0.15) is 0 Å². The largest absolute Gasteiger partial charge is 1.00 e. The smallest absolute Gasteiger partial charge is 1.00 e. The summed E-state index contributed by atoms with van der Waals surface area (Å²) < 4.78 is 4.78. The molecular weight excluding hydrogens is 245 g/mol. The van der Waals surface area contributed by atoms with Gasteiger partial charge in [-0.3, -0.25) is 14.4 Å². The van der Waals surface area contributed by atoms with Crippen molar-refractivity contribution in [2.45, 2.75) is 39.7 Å². The Kier molecular flexibility index (Phi) is 6.54. The van der Waals surface area contributed by atoms with E-state index in [-0.39, 0.29) is 55.3 Å². The molecule has 0 saturated carbocycles. The number of esters is 1. The third kappa shape index (κ3) is 3.80. The van der Waals surface area contributed by atoms with Gasteiger partial charge >= 0.3 is 35.5 Å². The van der Waals surface area contributed by atoms with E-state index in [4.69, 9.17) is 4.74 Å². The van der Waals surface area contributed by atoms with E-state index in [1.54, 1.807) is 11.8 Å². The molecule has 98 valence electrons. The molecule has 1 fully saturated rings. The number of hydrogen-bond acceptors (Lipinski definition) is 4. The van der Waals surface area contributed by atoms with Gasteiger partial charge in [0.2, 0.25) is 5.91 Å². The van der Waals surface area contributed by atoms with Crippen LogP contribution in [0.15, 0.2) is 0 Å². The van der Waals surface area contributed by atoms with Crippen LogP contribution < -0.4 is 29.6 Å². The van der Waals surface area contributed by atoms with E-state index < -0.39 is 17.8 Å². The van der Waals surface area contributed by atoms with Crippen LogP contribution in [0, 0.1) is 5.92 Å². The molecule has 0 spiro atoms. The zero-order valence-corrected chi connectivity index (χ0v) is 13.8. The van der Waals surface area contributed by atoms with E-state index in [1.807, 2.05) is 20.8 Å². The number of nitrogens with zero attached hydrogens (tertiary/aromatic N) is 1. The molecule has 5 nitrogen and oxygen atoms in total. The van der Waals surface area contributed by atoms with Crippen LogP contribution in [0.4, 0.5) is 0 Å². The molecule has 0 N–H and O–H groups in total. The predicted octanol–water partition coefficient (Wildman–Crippen LogP) is -2.12. The Hall–Kier alpha value is -0.390. The van der Waals surface area contributed by atoms with Crippen molar-refractivity contribution in [1.82, 2.24) is 4.90 Å². The van der Waals surface area contributed by atoms with Crippen molar-refractivity contribution < 1.29 is 50.1 Å². The quantitative estimate of drug-likeness (QED) is 0.325. The number of piperidine rings is 1. The number of carbonyl (C=O) groups is 3. The number of likely N-dealkylation sites (tertiary alicyclic amines) is 1. The molecule has 0 radical (unpaired) electrons. The van der Waals surface area contributed by atoms with Crippen LogP contribution in [-0.2, 0) is 19.1 Å². The maximum Gasteiger partial charge on any atom is 1.00 e. The summed E-state index contributed by atoms with van der Waals surface area (Å²) in [7, 11) is 0. The normalized spacial score (nSPS) is 20.4. The Balaban J connectivity index is 0. The Morgan fingerprint density at radius 1 is 1.44 bits per heavy atom. The van der Waals surface area contributed by atoms with Gasteiger partial charge in [0, 0.05) is 18.5 Å². The first kappa shape index (κ1) is 17.6. The zero-order chi connectivity index (χ0) is 13.2. The molecule has 18 heavy (non-hydrogen) atoms. The second kappa shape index (κ2) is 6.68. The molecule has 1 unspecified atom stereocenters. The van der Waals surface area contributed by atoms with Crippen molar-refractivity contribution in [2.24, 2.45) is 5.92 Å². The van der Waals surface area contributed by atoms with Crippen molar-refractivity contribution in [2.75, 3.05) is 13.2 Å². The second-order valence-electron chi connectivity index (χ2n) is 5.06. The molecule has 1 atom stereocenters. The van der Waals surface area contributed by atoms with Gasteiger partial charge in [-0.1, -0.05) is 0 Å². The number of carbonyl (C=O) groups excluding carboxylic acids is 3. The number of hydrogen-bond donors (Lipinski definition) is 0. The van der Waals surface area contributed by atoms with Gasteiger partial charge in [-0.15, -0.1) is 0 Å². The number of ether oxygens (including phenoxy) is 1. The minimum absolute atomic E-state index is 0. The molecule has 0 bridgehead atoms. The molecule has 1 amide bonds. The van der Waals surface area contributed by atoms with Gasteiger partial charge < -0.3 is 11.1 Å². The van der Waals surface area contributed by atoms with Crippen molar-refractivity contribution in [3.05, 3.63) is 0 Å². The van der Waals surface area contributed by atoms with Gasteiger partial charge in [-0.25, -0.2) is 0 Å². The van der Waals surface area contributed by atoms with E-state index in [0.29, 0.717) is 6.54 Å². The monoisotopic (exact) mass is 265 g/mol. The zero-order valence-electron chi connectivity index (χ0n) is 12.8. The van der Waals surface area contributed by atoms with E-state index >= 15 is 0 Å². The Morgan fingerprint density at radius 2 is 2.00 bits per heavy atom. The fraction of sp³-hybridized carbons (Fsp3) is 0.750. The predicted molar refractivity (Wildman–Crippen MR) is 62.3 cm³/mol. The number of amides is 1.